The van der Waals surface area contributed by atoms with Gasteiger partial charge >= 0.3 is 0 Å². The highest BCUT2D eigenvalue weighted by Gasteiger charge is 2.32. The van der Waals surface area contributed by atoms with Crippen LogP contribution in [0.3, 0.4) is 0 Å². The summed E-state index contributed by atoms with van der Waals surface area (Å²) >= 11 is 0. The van der Waals surface area contributed by atoms with Crippen molar-refractivity contribution in [2.24, 2.45) is 5.73 Å². The van der Waals surface area contributed by atoms with Crippen LogP contribution in [0.1, 0.15) is 47.1 Å². The third-order valence-electron chi connectivity index (χ3n) is 4.96. The third-order valence-corrected chi connectivity index (χ3v) is 4.96. The Labute approximate surface area is 170 Å². The molecule has 1 fully saturated rings. The monoisotopic (exact) mass is 398 g/mol. The van der Waals surface area contributed by atoms with Crippen LogP contribution in [0, 0.1) is 0 Å². The average molecular weight is 399 g/mol. The van der Waals surface area contributed by atoms with Gasteiger partial charge in [0.25, 0.3) is 5.91 Å². The highest BCUT2D eigenvalue weighted by atomic mass is 35.5. The number of carbonyl (C=O) groups excluding carboxylic acids is 1. The lowest BCUT2D eigenvalue weighted by Crippen LogP contribution is -2.38. The molecular weight excluding hydrogens is 376 g/mol. The zero-order valence-corrected chi connectivity index (χ0v) is 16.3. The Morgan fingerprint density at radius 1 is 1.11 bits per heavy atom. The van der Waals surface area contributed by atoms with Gasteiger partial charge in [-0.05, 0) is 37.0 Å². The van der Waals surface area contributed by atoms with Crippen molar-refractivity contribution in [3.05, 3.63) is 71.6 Å². The van der Waals surface area contributed by atoms with Gasteiger partial charge in [-0.15, -0.1) is 12.4 Å². The topological polar surface area (TPSA) is 85.3 Å². The lowest BCUT2D eigenvalue weighted by molar-refractivity contribution is 0.0561. The minimum Gasteiger partial charge on any atom is -0.337 e. The van der Waals surface area contributed by atoms with Crippen molar-refractivity contribution in [2.75, 3.05) is 6.54 Å². The molecule has 7 heteroatoms. The summed E-state index contributed by atoms with van der Waals surface area (Å²) in [4.78, 5) is 19.5. The molecule has 2 N–H and O–H groups in total. The predicted molar refractivity (Wildman–Crippen MR) is 109 cm³/mol. The summed E-state index contributed by atoms with van der Waals surface area (Å²) in [6, 6.07) is 17.0. The first-order chi connectivity index (χ1) is 13.3. The van der Waals surface area contributed by atoms with Crippen LogP contribution >= 0.6 is 12.4 Å². The van der Waals surface area contributed by atoms with Gasteiger partial charge in [0.2, 0.25) is 11.7 Å². The van der Waals surface area contributed by atoms with E-state index in [-0.39, 0.29) is 24.4 Å². The maximum Gasteiger partial charge on any atom is 0.254 e. The second kappa shape index (κ2) is 8.99. The van der Waals surface area contributed by atoms with Crippen molar-refractivity contribution in [3.63, 3.8) is 0 Å². The second-order valence-corrected chi connectivity index (χ2v) is 6.73. The van der Waals surface area contributed by atoms with Crippen molar-refractivity contribution in [2.45, 2.75) is 31.8 Å². The summed E-state index contributed by atoms with van der Waals surface area (Å²) in [5, 5.41) is 4.11. The molecule has 28 heavy (non-hydrogen) atoms. The summed E-state index contributed by atoms with van der Waals surface area (Å²) in [6.07, 6.45) is 2.83. The Hall–Kier alpha value is -2.70. The van der Waals surface area contributed by atoms with Gasteiger partial charge in [-0.3, -0.25) is 4.79 Å². The fraction of sp³-hybridized carbons (Fsp3) is 0.286. The molecule has 0 bridgehead atoms. The number of nitrogens with zero attached hydrogens (tertiary/aromatic N) is 3. The first kappa shape index (κ1) is 20.0. The highest BCUT2D eigenvalue weighted by molar-refractivity contribution is 5.94. The number of likely N-dealkylation sites (tertiary alicyclic amines) is 1. The van der Waals surface area contributed by atoms with E-state index in [1.165, 1.54) is 0 Å². The fourth-order valence-electron chi connectivity index (χ4n) is 3.46. The number of hydrogen-bond donors (Lipinski definition) is 1. The van der Waals surface area contributed by atoms with Crippen molar-refractivity contribution in [1.82, 2.24) is 15.0 Å². The average Bonchev–Trinajstić information content (AvgIpc) is 3.24. The molecule has 0 aliphatic carbocycles. The van der Waals surface area contributed by atoms with Crippen LogP contribution in [-0.4, -0.2) is 27.5 Å². The number of carbonyl (C=O) groups is 1. The highest BCUT2D eigenvalue weighted by Crippen LogP contribution is 2.32. The molecule has 0 radical (unpaired) electrons. The predicted octanol–water partition coefficient (Wildman–Crippen LogP) is 3.98. The Balaban J connectivity index is 0.00000225. The second-order valence-electron chi connectivity index (χ2n) is 6.73. The van der Waals surface area contributed by atoms with Crippen LogP contribution < -0.4 is 5.73 Å². The molecule has 1 aliphatic heterocycles. The standard InChI is InChI=1S/C21H22N4O2.ClH/c22-14-15-9-11-17(12-10-15)21(26)25-13-5-4-8-18(25)20-23-19(24-27-20)16-6-2-1-3-7-16;/h1-3,6-7,9-12,18H,4-5,8,13-14,22H2;1H. The van der Waals surface area contributed by atoms with E-state index in [9.17, 15) is 4.79 Å². The minimum absolute atomic E-state index is 0. The Morgan fingerprint density at radius 2 is 1.86 bits per heavy atom. The van der Waals surface area contributed by atoms with E-state index in [0.29, 0.717) is 30.4 Å². The molecule has 6 nitrogen and oxygen atoms in total. The van der Waals surface area contributed by atoms with Gasteiger partial charge in [-0.1, -0.05) is 47.6 Å². The first-order valence-corrected chi connectivity index (χ1v) is 9.25. The molecule has 4 rings (SSSR count). The molecule has 0 spiro atoms. The molecule has 2 heterocycles. The first-order valence-electron chi connectivity index (χ1n) is 9.25. The van der Waals surface area contributed by atoms with Gasteiger partial charge in [0, 0.05) is 24.2 Å². The van der Waals surface area contributed by atoms with Gasteiger partial charge in [0.15, 0.2) is 0 Å². The van der Waals surface area contributed by atoms with Crippen LogP contribution in [0.25, 0.3) is 11.4 Å². The van der Waals surface area contributed by atoms with Crippen molar-refractivity contribution in [3.8, 4) is 11.4 Å². The number of piperidine rings is 1. The number of hydrogen-bond acceptors (Lipinski definition) is 5. The van der Waals surface area contributed by atoms with Crippen LogP contribution in [0.2, 0.25) is 0 Å². The van der Waals surface area contributed by atoms with Crippen molar-refractivity contribution < 1.29 is 9.32 Å². The molecule has 1 aliphatic rings. The summed E-state index contributed by atoms with van der Waals surface area (Å²) < 4.78 is 5.54. The zero-order chi connectivity index (χ0) is 18.6. The third kappa shape index (κ3) is 4.08. The van der Waals surface area contributed by atoms with E-state index < -0.39 is 0 Å². The van der Waals surface area contributed by atoms with Crippen molar-refractivity contribution in [1.29, 1.82) is 0 Å². The molecule has 1 unspecified atom stereocenters. The molecule has 1 saturated heterocycles. The van der Waals surface area contributed by atoms with Gasteiger partial charge < -0.3 is 15.2 Å². The maximum absolute atomic E-state index is 13.1. The summed E-state index contributed by atoms with van der Waals surface area (Å²) in [5.41, 5.74) is 8.21. The van der Waals surface area contributed by atoms with E-state index in [1.807, 2.05) is 59.5 Å². The molecular formula is C21H23ClN4O2. The number of halogens is 1. The lowest BCUT2D eigenvalue weighted by Gasteiger charge is -2.33. The van der Waals surface area contributed by atoms with Gasteiger partial charge in [-0.25, -0.2) is 0 Å². The summed E-state index contributed by atoms with van der Waals surface area (Å²) in [6.45, 7) is 1.15. The number of amides is 1. The minimum atomic E-state index is -0.189. The lowest BCUT2D eigenvalue weighted by atomic mass is 10.00. The molecule has 1 aromatic heterocycles. The van der Waals surface area contributed by atoms with E-state index >= 15 is 0 Å². The van der Waals surface area contributed by atoms with Crippen LogP contribution in [0.4, 0.5) is 0 Å². The number of aromatic nitrogens is 2. The van der Waals surface area contributed by atoms with Crippen LogP contribution in [0.15, 0.2) is 59.1 Å². The normalized spacial score (nSPS) is 16.5. The number of rotatable bonds is 4. The van der Waals surface area contributed by atoms with Crippen LogP contribution in [0.5, 0.6) is 0 Å². The molecule has 3 aromatic rings. The van der Waals surface area contributed by atoms with E-state index in [0.717, 1.165) is 30.4 Å². The Morgan fingerprint density at radius 3 is 2.57 bits per heavy atom. The van der Waals surface area contributed by atoms with E-state index in [2.05, 4.69) is 10.1 Å². The molecule has 146 valence electrons. The zero-order valence-electron chi connectivity index (χ0n) is 15.5. The molecule has 2 aromatic carbocycles. The largest absolute Gasteiger partial charge is 0.337 e. The Kier molecular flexibility index (Phi) is 6.44. The van der Waals surface area contributed by atoms with E-state index in [1.54, 1.807) is 0 Å². The van der Waals surface area contributed by atoms with Gasteiger partial charge in [0.05, 0.1) is 0 Å². The number of nitrogens with two attached hydrogens (primary N) is 1. The molecule has 1 amide bonds. The maximum atomic E-state index is 13.1. The smallest absolute Gasteiger partial charge is 0.254 e. The molecule has 1 atom stereocenters. The van der Waals surface area contributed by atoms with Crippen LogP contribution in [-0.2, 0) is 6.54 Å². The number of benzene rings is 2. The van der Waals surface area contributed by atoms with Gasteiger partial charge in [-0.2, -0.15) is 4.98 Å². The SMILES string of the molecule is Cl.NCc1ccc(C(=O)N2CCCCC2c2nc(-c3ccccc3)no2)cc1. The van der Waals surface area contributed by atoms with Crippen molar-refractivity contribution >= 4 is 18.3 Å². The summed E-state index contributed by atoms with van der Waals surface area (Å²) in [5.74, 6) is 1.04. The van der Waals surface area contributed by atoms with E-state index in [4.69, 9.17) is 10.3 Å². The molecule has 0 saturated carbocycles. The quantitative estimate of drug-likeness (QED) is 0.718. The Bertz CT molecular complexity index is 912. The summed E-state index contributed by atoms with van der Waals surface area (Å²) in [7, 11) is 0. The van der Waals surface area contributed by atoms with Gasteiger partial charge in [0.1, 0.15) is 6.04 Å². The fourth-order valence-corrected chi connectivity index (χ4v) is 3.46.